The number of carbonyl (C=O) groups excluding carboxylic acids is 1. The first-order valence-electron chi connectivity index (χ1n) is 4.68. The molecule has 0 saturated heterocycles. The van der Waals surface area contributed by atoms with Crippen LogP contribution >= 0.6 is 0 Å². The minimum Gasteiger partial charge on any atom is -0.366 e. The summed E-state index contributed by atoms with van der Waals surface area (Å²) in [5, 5.41) is 0.666. The third kappa shape index (κ3) is 2.26. The maximum absolute atomic E-state index is 11.1. The molecule has 2 aromatic rings. The number of pyridine rings is 1. The predicted molar refractivity (Wildman–Crippen MR) is 63.2 cm³/mol. The molecule has 1 aromatic carbocycles. The normalized spacial score (nSPS) is 9.38. The molecule has 1 heterocycles. The zero-order valence-corrected chi connectivity index (χ0v) is 8.86. The molecule has 1 amide bonds. The Kier molecular flexibility index (Phi) is 3.79. The molecule has 16 heavy (non-hydrogen) atoms. The van der Waals surface area contributed by atoms with Crippen molar-refractivity contribution in [3.63, 3.8) is 0 Å². The van der Waals surface area contributed by atoms with Gasteiger partial charge in [0.2, 0.25) is 11.5 Å². The number of hydrogen-bond acceptors (Lipinski definition) is 3. The monoisotopic (exact) mass is 219 g/mol. The van der Waals surface area contributed by atoms with Crippen LogP contribution in [0.1, 0.15) is 10.4 Å². The molecule has 1 aromatic heterocycles. The fourth-order valence-electron chi connectivity index (χ4n) is 1.41. The van der Waals surface area contributed by atoms with Gasteiger partial charge < -0.3 is 16.5 Å². The molecule has 5 N–H and O–H groups in total. The van der Waals surface area contributed by atoms with Crippen LogP contribution < -0.4 is 17.0 Å². The van der Waals surface area contributed by atoms with E-state index in [1.165, 1.54) is 13.1 Å². The summed E-state index contributed by atoms with van der Waals surface area (Å²) in [4.78, 5) is 24.8. The number of primary amides is 1. The highest BCUT2D eigenvalue weighted by atomic mass is 16.1. The number of benzene rings is 1. The number of hydrogen-bond donors (Lipinski definition) is 3. The van der Waals surface area contributed by atoms with Crippen LogP contribution in [0.5, 0.6) is 0 Å². The number of aromatic nitrogens is 1. The van der Waals surface area contributed by atoms with E-state index in [4.69, 9.17) is 5.73 Å². The number of H-pyrrole nitrogens is 1. The van der Waals surface area contributed by atoms with Crippen molar-refractivity contribution in [1.29, 1.82) is 0 Å². The second kappa shape index (κ2) is 5.09. The van der Waals surface area contributed by atoms with Crippen molar-refractivity contribution in [3.8, 4) is 0 Å². The van der Waals surface area contributed by atoms with Crippen molar-refractivity contribution in [2.75, 3.05) is 7.05 Å². The van der Waals surface area contributed by atoms with Crippen LogP contribution in [0.4, 0.5) is 0 Å². The summed E-state index contributed by atoms with van der Waals surface area (Å²) in [6.07, 6.45) is 0. The molecule has 0 spiro atoms. The molecule has 0 fully saturated rings. The number of nitrogens with one attached hydrogen (secondary N) is 1. The molecule has 0 aliphatic rings. The predicted octanol–water partition coefficient (Wildman–Crippen LogP) is 0.202. The Hall–Kier alpha value is -2.14. The SMILES string of the molecule is CN.NC(=O)c1cc(=O)[nH]c2ccccc12. The van der Waals surface area contributed by atoms with Gasteiger partial charge in [0.1, 0.15) is 0 Å². The Bertz CT molecular complexity index is 560. The van der Waals surface area contributed by atoms with Crippen LogP contribution in [0.25, 0.3) is 10.9 Å². The molecule has 0 atom stereocenters. The summed E-state index contributed by atoms with van der Waals surface area (Å²) in [7, 11) is 1.50. The van der Waals surface area contributed by atoms with E-state index in [-0.39, 0.29) is 11.1 Å². The summed E-state index contributed by atoms with van der Waals surface area (Å²) in [5.41, 5.74) is 10.2. The number of fused-ring (bicyclic) bond motifs is 1. The zero-order chi connectivity index (χ0) is 12.1. The summed E-state index contributed by atoms with van der Waals surface area (Å²) in [6.45, 7) is 0. The highest BCUT2D eigenvalue weighted by Gasteiger charge is 2.06. The maximum atomic E-state index is 11.1. The molecule has 0 radical (unpaired) electrons. The first-order chi connectivity index (χ1) is 7.68. The molecule has 0 aliphatic heterocycles. The van der Waals surface area contributed by atoms with Crippen molar-refractivity contribution in [2.45, 2.75) is 0 Å². The van der Waals surface area contributed by atoms with Crippen molar-refractivity contribution in [1.82, 2.24) is 4.98 Å². The Balaban J connectivity index is 0.000000606. The Labute approximate surface area is 92.1 Å². The standard InChI is InChI=1S/C10H8N2O2.CH5N/c11-10(14)7-5-9(13)12-8-4-2-1-3-6(7)8;1-2/h1-5H,(H2,11,14)(H,12,13);2H2,1H3. The van der Waals surface area contributed by atoms with Gasteiger partial charge in [-0.2, -0.15) is 0 Å². The topological polar surface area (TPSA) is 102 Å². The molecule has 84 valence electrons. The van der Waals surface area contributed by atoms with Crippen LogP contribution in [0.2, 0.25) is 0 Å². The third-order valence-corrected chi connectivity index (χ3v) is 2.02. The lowest BCUT2D eigenvalue weighted by atomic mass is 10.1. The van der Waals surface area contributed by atoms with Crippen LogP contribution in [0.15, 0.2) is 35.1 Å². The Morgan fingerprint density at radius 2 is 1.88 bits per heavy atom. The van der Waals surface area contributed by atoms with Crippen LogP contribution in [-0.2, 0) is 0 Å². The molecule has 5 heteroatoms. The average Bonchev–Trinajstić information content (AvgIpc) is 2.30. The fraction of sp³-hybridized carbons (Fsp3) is 0.0909. The lowest BCUT2D eigenvalue weighted by molar-refractivity contribution is 0.100. The molecular weight excluding hydrogens is 206 g/mol. The zero-order valence-electron chi connectivity index (χ0n) is 8.86. The van der Waals surface area contributed by atoms with E-state index >= 15 is 0 Å². The van der Waals surface area contributed by atoms with Gasteiger partial charge in [-0.05, 0) is 13.1 Å². The fourth-order valence-corrected chi connectivity index (χ4v) is 1.41. The van der Waals surface area contributed by atoms with Crippen LogP contribution in [-0.4, -0.2) is 17.9 Å². The minimum atomic E-state index is -0.590. The lowest BCUT2D eigenvalue weighted by Gasteiger charge is -2.01. The second-order valence-corrected chi connectivity index (χ2v) is 2.96. The van der Waals surface area contributed by atoms with Gasteiger partial charge in [-0.25, -0.2) is 0 Å². The summed E-state index contributed by atoms with van der Waals surface area (Å²) in [6, 6.07) is 8.25. The third-order valence-electron chi connectivity index (χ3n) is 2.02. The van der Waals surface area contributed by atoms with E-state index < -0.39 is 5.91 Å². The van der Waals surface area contributed by atoms with E-state index in [9.17, 15) is 9.59 Å². The maximum Gasteiger partial charge on any atom is 0.249 e. The Morgan fingerprint density at radius 3 is 2.50 bits per heavy atom. The van der Waals surface area contributed by atoms with Gasteiger partial charge in [0.25, 0.3) is 0 Å². The molecule has 0 bridgehead atoms. The molecule has 0 aliphatic carbocycles. The number of para-hydroxylation sites is 1. The van der Waals surface area contributed by atoms with Gasteiger partial charge in [-0.15, -0.1) is 0 Å². The largest absolute Gasteiger partial charge is 0.366 e. The van der Waals surface area contributed by atoms with Gasteiger partial charge in [0.15, 0.2) is 0 Å². The van der Waals surface area contributed by atoms with E-state index in [1.54, 1.807) is 24.3 Å². The van der Waals surface area contributed by atoms with Gasteiger partial charge in [0, 0.05) is 17.0 Å². The van der Waals surface area contributed by atoms with Crippen molar-refractivity contribution < 1.29 is 4.79 Å². The van der Waals surface area contributed by atoms with Crippen molar-refractivity contribution >= 4 is 16.8 Å². The first-order valence-corrected chi connectivity index (χ1v) is 4.68. The van der Waals surface area contributed by atoms with Crippen LogP contribution in [0, 0.1) is 0 Å². The quantitative estimate of drug-likeness (QED) is 0.638. The minimum absolute atomic E-state index is 0.254. The lowest BCUT2D eigenvalue weighted by Crippen LogP contribution is -2.16. The Morgan fingerprint density at radius 1 is 1.25 bits per heavy atom. The molecule has 0 unspecified atom stereocenters. The number of aromatic amines is 1. The number of amides is 1. The number of rotatable bonds is 1. The molecule has 2 rings (SSSR count). The highest BCUT2D eigenvalue weighted by molar-refractivity contribution is 6.05. The van der Waals surface area contributed by atoms with Crippen molar-refractivity contribution in [3.05, 3.63) is 46.2 Å². The first kappa shape index (κ1) is 11.9. The average molecular weight is 219 g/mol. The van der Waals surface area contributed by atoms with E-state index in [1.807, 2.05) is 0 Å². The molecule has 5 nitrogen and oxygen atoms in total. The van der Waals surface area contributed by atoms with E-state index in [0.717, 1.165) is 0 Å². The summed E-state index contributed by atoms with van der Waals surface area (Å²) < 4.78 is 0. The van der Waals surface area contributed by atoms with Gasteiger partial charge in [-0.3, -0.25) is 9.59 Å². The van der Waals surface area contributed by atoms with Crippen LogP contribution in [0.3, 0.4) is 0 Å². The van der Waals surface area contributed by atoms with Gasteiger partial charge >= 0.3 is 0 Å². The van der Waals surface area contributed by atoms with Gasteiger partial charge in [0.05, 0.1) is 5.56 Å². The summed E-state index contributed by atoms with van der Waals surface area (Å²) >= 11 is 0. The number of nitrogens with two attached hydrogens (primary N) is 2. The molecule has 0 saturated carbocycles. The van der Waals surface area contributed by atoms with E-state index in [0.29, 0.717) is 10.9 Å². The molecular formula is C11H13N3O2. The smallest absolute Gasteiger partial charge is 0.249 e. The summed E-state index contributed by atoms with van der Waals surface area (Å²) in [5.74, 6) is -0.590. The van der Waals surface area contributed by atoms with Crippen molar-refractivity contribution in [2.24, 2.45) is 11.5 Å². The number of carbonyl (C=O) groups is 1. The van der Waals surface area contributed by atoms with E-state index in [2.05, 4.69) is 10.7 Å². The highest BCUT2D eigenvalue weighted by Crippen LogP contribution is 2.13. The second-order valence-electron chi connectivity index (χ2n) is 2.96. The van der Waals surface area contributed by atoms with Gasteiger partial charge in [-0.1, -0.05) is 18.2 Å².